The molecule has 1 rings (SSSR count). The van der Waals surface area contributed by atoms with Gasteiger partial charge in [0.25, 0.3) is 0 Å². The molecule has 0 bridgehead atoms. The van der Waals surface area contributed by atoms with Gasteiger partial charge in [-0.3, -0.25) is 0 Å². The molecule has 0 aromatic heterocycles. The molecular formula is C13H17Cl2F. The van der Waals surface area contributed by atoms with Gasteiger partial charge in [-0.1, -0.05) is 38.4 Å². The molecule has 3 heteroatoms. The van der Waals surface area contributed by atoms with Crippen LogP contribution in [0.1, 0.15) is 32.8 Å². The Hall–Kier alpha value is -0.270. The van der Waals surface area contributed by atoms with Crippen LogP contribution in [-0.4, -0.2) is 5.38 Å². The first kappa shape index (κ1) is 13.8. The Morgan fingerprint density at radius 1 is 1.38 bits per heavy atom. The molecule has 1 atom stereocenters. The second-order valence-electron chi connectivity index (χ2n) is 4.71. The van der Waals surface area contributed by atoms with Crippen molar-refractivity contribution in [2.24, 2.45) is 5.41 Å². The van der Waals surface area contributed by atoms with Gasteiger partial charge in [0, 0.05) is 16.0 Å². The maximum Gasteiger partial charge on any atom is 0.127 e. The molecule has 0 aliphatic heterocycles. The number of alkyl halides is 1. The summed E-state index contributed by atoms with van der Waals surface area (Å²) in [7, 11) is 0. The van der Waals surface area contributed by atoms with Crippen molar-refractivity contribution in [2.75, 3.05) is 0 Å². The van der Waals surface area contributed by atoms with E-state index >= 15 is 0 Å². The van der Waals surface area contributed by atoms with E-state index in [4.69, 9.17) is 23.2 Å². The zero-order chi connectivity index (χ0) is 12.3. The van der Waals surface area contributed by atoms with Gasteiger partial charge in [0.2, 0.25) is 0 Å². The van der Waals surface area contributed by atoms with Crippen LogP contribution in [0.3, 0.4) is 0 Å². The molecule has 1 aromatic rings. The topological polar surface area (TPSA) is 0 Å². The summed E-state index contributed by atoms with van der Waals surface area (Å²) >= 11 is 12.3. The Morgan fingerprint density at radius 2 is 2.00 bits per heavy atom. The van der Waals surface area contributed by atoms with Crippen LogP contribution in [0.5, 0.6) is 0 Å². The second-order valence-corrected chi connectivity index (χ2v) is 5.65. The van der Waals surface area contributed by atoms with Crippen molar-refractivity contribution in [3.63, 3.8) is 0 Å². The number of rotatable bonds is 4. The molecule has 0 saturated carbocycles. The first-order valence-electron chi connectivity index (χ1n) is 5.45. The lowest BCUT2D eigenvalue weighted by molar-refractivity contribution is 0.328. The first-order valence-corrected chi connectivity index (χ1v) is 6.27. The van der Waals surface area contributed by atoms with E-state index in [1.165, 1.54) is 6.07 Å². The van der Waals surface area contributed by atoms with Crippen molar-refractivity contribution in [3.05, 3.63) is 34.6 Å². The van der Waals surface area contributed by atoms with Gasteiger partial charge in [-0.15, -0.1) is 11.6 Å². The van der Waals surface area contributed by atoms with E-state index in [1.807, 2.05) is 0 Å². The maximum absolute atomic E-state index is 13.6. The summed E-state index contributed by atoms with van der Waals surface area (Å²) in [6.07, 6.45) is 1.42. The fraction of sp³-hybridized carbons (Fsp3) is 0.538. The van der Waals surface area contributed by atoms with Crippen LogP contribution in [0.25, 0.3) is 0 Å². The Bertz CT molecular complexity index is 341. The van der Waals surface area contributed by atoms with E-state index in [0.29, 0.717) is 17.0 Å². The molecule has 0 spiro atoms. The molecule has 0 saturated heterocycles. The second kappa shape index (κ2) is 5.37. The quantitative estimate of drug-likeness (QED) is 0.665. The van der Waals surface area contributed by atoms with Crippen molar-refractivity contribution < 1.29 is 4.39 Å². The summed E-state index contributed by atoms with van der Waals surface area (Å²) in [6.45, 7) is 6.25. The van der Waals surface area contributed by atoms with Crippen LogP contribution in [-0.2, 0) is 6.42 Å². The molecule has 0 nitrogen and oxygen atoms in total. The van der Waals surface area contributed by atoms with E-state index in [9.17, 15) is 4.39 Å². The molecule has 0 N–H and O–H groups in total. The van der Waals surface area contributed by atoms with Crippen LogP contribution < -0.4 is 0 Å². The van der Waals surface area contributed by atoms with Crippen LogP contribution >= 0.6 is 23.2 Å². The van der Waals surface area contributed by atoms with Crippen molar-refractivity contribution in [3.8, 4) is 0 Å². The first-order chi connectivity index (χ1) is 7.38. The van der Waals surface area contributed by atoms with Crippen molar-refractivity contribution in [2.45, 2.75) is 39.0 Å². The molecule has 0 amide bonds. The standard InChI is InChI=1S/C13H17Cl2F/c1-4-13(2,3)12(15)8-9-10(14)6-5-7-11(9)16/h5-7,12H,4,8H2,1-3H3. The zero-order valence-corrected chi connectivity index (χ0v) is 11.4. The third-order valence-corrected chi connectivity index (χ3v) is 4.30. The van der Waals surface area contributed by atoms with Crippen LogP contribution in [0, 0.1) is 11.2 Å². The van der Waals surface area contributed by atoms with Gasteiger partial charge in [0.15, 0.2) is 0 Å². The Labute approximate surface area is 107 Å². The predicted molar refractivity (Wildman–Crippen MR) is 68.8 cm³/mol. The largest absolute Gasteiger partial charge is 0.207 e. The smallest absolute Gasteiger partial charge is 0.127 e. The minimum Gasteiger partial charge on any atom is -0.207 e. The van der Waals surface area contributed by atoms with E-state index in [1.54, 1.807) is 12.1 Å². The van der Waals surface area contributed by atoms with Gasteiger partial charge in [-0.05, 0) is 30.4 Å². The van der Waals surface area contributed by atoms with Crippen LogP contribution in [0.15, 0.2) is 18.2 Å². The molecule has 0 radical (unpaired) electrons. The predicted octanol–water partition coefficient (Wildman–Crippen LogP) is 5.07. The van der Waals surface area contributed by atoms with E-state index in [2.05, 4.69) is 20.8 Å². The van der Waals surface area contributed by atoms with Gasteiger partial charge >= 0.3 is 0 Å². The zero-order valence-electron chi connectivity index (χ0n) is 9.86. The number of hydrogen-bond donors (Lipinski definition) is 0. The lowest BCUT2D eigenvalue weighted by atomic mass is 9.83. The Balaban J connectivity index is 2.89. The third-order valence-electron chi connectivity index (χ3n) is 3.20. The highest BCUT2D eigenvalue weighted by molar-refractivity contribution is 6.31. The number of halogens is 3. The summed E-state index contributed by atoms with van der Waals surface area (Å²) in [5.41, 5.74) is 0.498. The normalized spacial score (nSPS) is 13.9. The molecule has 0 aliphatic rings. The monoisotopic (exact) mass is 262 g/mol. The molecule has 90 valence electrons. The number of benzene rings is 1. The fourth-order valence-electron chi connectivity index (χ4n) is 1.40. The summed E-state index contributed by atoms with van der Waals surface area (Å²) in [5.74, 6) is -0.273. The molecule has 1 unspecified atom stereocenters. The highest BCUT2D eigenvalue weighted by Crippen LogP contribution is 2.33. The molecule has 0 aliphatic carbocycles. The van der Waals surface area contributed by atoms with E-state index < -0.39 is 0 Å². The summed E-state index contributed by atoms with van der Waals surface area (Å²) < 4.78 is 13.6. The minimum atomic E-state index is -0.273. The molecule has 0 heterocycles. The molecular weight excluding hydrogens is 246 g/mol. The Morgan fingerprint density at radius 3 is 2.50 bits per heavy atom. The SMILES string of the molecule is CCC(C)(C)C(Cl)Cc1c(F)cccc1Cl. The van der Waals surface area contributed by atoms with Gasteiger partial charge in [-0.2, -0.15) is 0 Å². The van der Waals surface area contributed by atoms with E-state index in [-0.39, 0.29) is 16.6 Å². The van der Waals surface area contributed by atoms with Gasteiger partial charge in [0.1, 0.15) is 5.82 Å². The highest BCUT2D eigenvalue weighted by Gasteiger charge is 2.27. The van der Waals surface area contributed by atoms with Gasteiger partial charge in [-0.25, -0.2) is 4.39 Å². The van der Waals surface area contributed by atoms with Crippen LogP contribution in [0.2, 0.25) is 5.02 Å². The molecule has 16 heavy (non-hydrogen) atoms. The fourth-order valence-corrected chi connectivity index (χ4v) is 1.95. The van der Waals surface area contributed by atoms with Gasteiger partial charge in [0.05, 0.1) is 0 Å². The van der Waals surface area contributed by atoms with Crippen LogP contribution in [0.4, 0.5) is 4.39 Å². The highest BCUT2D eigenvalue weighted by atomic mass is 35.5. The van der Waals surface area contributed by atoms with Gasteiger partial charge < -0.3 is 0 Å². The number of hydrogen-bond acceptors (Lipinski definition) is 0. The summed E-state index contributed by atoms with van der Waals surface area (Å²) in [5, 5.41) is 0.337. The average Bonchev–Trinajstić information content (AvgIpc) is 2.23. The minimum absolute atomic E-state index is 0.0207. The molecule has 1 aromatic carbocycles. The lowest BCUT2D eigenvalue weighted by Crippen LogP contribution is -2.26. The average molecular weight is 263 g/mol. The Kier molecular flexibility index (Phi) is 4.63. The summed E-state index contributed by atoms with van der Waals surface area (Å²) in [4.78, 5) is 0. The van der Waals surface area contributed by atoms with Crippen molar-refractivity contribution >= 4 is 23.2 Å². The van der Waals surface area contributed by atoms with Crippen molar-refractivity contribution in [1.82, 2.24) is 0 Å². The lowest BCUT2D eigenvalue weighted by Gasteiger charge is -2.29. The summed E-state index contributed by atoms with van der Waals surface area (Å²) in [6, 6.07) is 4.72. The maximum atomic E-state index is 13.6. The van der Waals surface area contributed by atoms with Crippen molar-refractivity contribution in [1.29, 1.82) is 0 Å². The van der Waals surface area contributed by atoms with E-state index in [0.717, 1.165) is 6.42 Å². The third kappa shape index (κ3) is 3.11. The molecule has 0 fully saturated rings.